The van der Waals surface area contributed by atoms with Crippen LogP contribution in [0.25, 0.3) is 22.7 Å². The van der Waals surface area contributed by atoms with Gasteiger partial charge in [0.15, 0.2) is 11.5 Å². The van der Waals surface area contributed by atoms with Gasteiger partial charge in [-0.1, -0.05) is 18.2 Å². The first kappa shape index (κ1) is 15.2. The van der Waals surface area contributed by atoms with Gasteiger partial charge < -0.3 is 0 Å². The van der Waals surface area contributed by atoms with Gasteiger partial charge in [0.05, 0.1) is 5.69 Å². The predicted octanol–water partition coefficient (Wildman–Crippen LogP) is 2.98. The Bertz CT molecular complexity index is 1160. The monoisotopic (exact) mass is 378 g/mol. The number of para-hydroxylation sites is 1. The summed E-state index contributed by atoms with van der Waals surface area (Å²) < 4.78 is 3.42. The Morgan fingerprint density at radius 3 is 2.69 bits per heavy atom. The van der Waals surface area contributed by atoms with Crippen molar-refractivity contribution in [3.63, 3.8) is 0 Å². The van der Waals surface area contributed by atoms with Crippen LogP contribution in [0.3, 0.4) is 0 Å². The Kier molecular flexibility index (Phi) is 3.68. The van der Waals surface area contributed by atoms with Crippen LogP contribution >= 0.6 is 23.1 Å². The molecule has 26 heavy (non-hydrogen) atoms. The van der Waals surface area contributed by atoms with Gasteiger partial charge in [-0.05, 0) is 57.9 Å². The molecule has 0 aliphatic carbocycles. The van der Waals surface area contributed by atoms with E-state index in [9.17, 15) is 0 Å². The summed E-state index contributed by atoms with van der Waals surface area (Å²) in [6.45, 7) is 0. The molecule has 126 valence electrons. The molecule has 0 fully saturated rings. The Morgan fingerprint density at radius 1 is 0.923 bits per heavy atom. The molecule has 0 spiro atoms. The number of fused-ring (bicyclic) bond motifs is 1. The third-order valence-corrected chi connectivity index (χ3v) is 5.20. The van der Waals surface area contributed by atoms with E-state index in [4.69, 9.17) is 0 Å². The maximum atomic E-state index is 4.65. The largest absolute Gasteiger partial charge is 0.220 e. The summed E-state index contributed by atoms with van der Waals surface area (Å²) in [7, 11) is 0. The molecule has 0 atom stereocenters. The normalized spacial score (nSPS) is 11.2. The van der Waals surface area contributed by atoms with E-state index in [1.807, 2.05) is 59.3 Å². The van der Waals surface area contributed by atoms with E-state index >= 15 is 0 Å². The van der Waals surface area contributed by atoms with Gasteiger partial charge in [-0.3, -0.25) is 0 Å². The van der Waals surface area contributed by atoms with Crippen molar-refractivity contribution in [3.05, 3.63) is 59.3 Å². The number of hydrogen-bond acceptors (Lipinski definition) is 8. The second-order valence-electron chi connectivity index (χ2n) is 5.29. The lowest BCUT2D eigenvalue weighted by atomic mass is 10.3. The zero-order valence-corrected chi connectivity index (χ0v) is 14.8. The molecule has 5 aromatic rings. The van der Waals surface area contributed by atoms with Gasteiger partial charge >= 0.3 is 0 Å². The van der Waals surface area contributed by atoms with E-state index in [2.05, 4.69) is 30.8 Å². The molecular weight excluding hydrogens is 368 g/mol. The van der Waals surface area contributed by atoms with Crippen molar-refractivity contribution < 1.29 is 0 Å². The molecule has 0 aliphatic heterocycles. The SMILES string of the molecule is c1ccc(-n2nnnc2Sc2ccc3nnc(-c4ccsc4)n3n2)cc1. The maximum Gasteiger partial charge on any atom is 0.220 e. The molecule has 8 nitrogen and oxygen atoms in total. The summed E-state index contributed by atoms with van der Waals surface area (Å²) in [4.78, 5) is 0. The van der Waals surface area contributed by atoms with Crippen LogP contribution in [0.5, 0.6) is 0 Å². The van der Waals surface area contributed by atoms with E-state index in [0.717, 1.165) is 16.3 Å². The van der Waals surface area contributed by atoms with Crippen molar-refractivity contribution in [2.75, 3.05) is 0 Å². The first-order valence-electron chi connectivity index (χ1n) is 7.65. The van der Waals surface area contributed by atoms with Crippen molar-refractivity contribution >= 4 is 28.7 Å². The molecule has 0 radical (unpaired) electrons. The molecule has 0 aliphatic rings. The second-order valence-corrected chi connectivity index (χ2v) is 7.06. The van der Waals surface area contributed by atoms with Crippen molar-refractivity contribution in [2.24, 2.45) is 0 Å². The van der Waals surface area contributed by atoms with Gasteiger partial charge in [-0.25, -0.2) is 0 Å². The molecule has 1 aromatic carbocycles. The molecule has 0 N–H and O–H groups in total. The Hall–Kier alpha value is -3.11. The summed E-state index contributed by atoms with van der Waals surface area (Å²) >= 11 is 2.99. The third-order valence-electron chi connectivity index (χ3n) is 3.66. The zero-order valence-electron chi connectivity index (χ0n) is 13.2. The van der Waals surface area contributed by atoms with Crippen LogP contribution in [0.1, 0.15) is 0 Å². The summed E-state index contributed by atoms with van der Waals surface area (Å²) in [6.07, 6.45) is 0. The minimum Gasteiger partial charge on any atom is -0.192 e. The topological polar surface area (TPSA) is 86.7 Å². The van der Waals surface area contributed by atoms with E-state index < -0.39 is 0 Å². The van der Waals surface area contributed by atoms with Gasteiger partial charge in [0.2, 0.25) is 5.16 Å². The lowest BCUT2D eigenvalue weighted by Gasteiger charge is -2.04. The van der Waals surface area contributed by atoms with Crippen LogP contribution in [-0.4, -0.2) is 40.0 Å². The summed E-state index contributed by atoms with van der Waals surface area (Å²) in [5.74, 6) is 0.714. The van der Waals surface area contributed by atoms with Crippen molar-refractivity contribution in [1.29, 1.82) is 0 Å². The average molecular weight is 378 g/mol. The fourth-order valence-corrected chi connectivity index (χ4v) is 3.85. The molecule has 4 heterocycles. The minimum atomic E-state index is 0.633. The lowest BCUT2D eigenvalue weighted by molar-refractivity contribution is 0.754. The zero-order chi connectivity index (χ0) is 17.3. The molecule has 0 unspecified atom stereocenters. The Labute approximate surface area is 155 Å². The van der Waals surface area contributed by atoms with Crippen molar-refractivity contribution in [1.82, 2.24) is 40.0 Å². The van der Waals surface area contributed by atoms with Crippen LogP contribution in [0.4, 0.5) is 0 Å². The molecule has 0 saturated heterocycles. The van der Waals surface area contributed by atoms with E-state index in [1.165, 1.54) is 11.8 Å². The fourth-order valence-electron chi connectivity index (χ4n) is 2.47. The Morgan fingerprint density at radius 2 is 1.85 bits per heavy atom. The second kappa shape index (κ2) is 6.32. The van der Waals surface area contributed by atoms with Gasteiger partial charge in [0.1, 0.15) is 5.03 Å². The molecule has 0 bridgehead atoms. The molecule has 5 rings (SSSR count). The van der Waals surface area contributed by atoms with E-state index in [-0.39, 0.29) is 0 Å². The third kappa shape index (κ3) is 2.65. The standard InChI is InChI=1S/C16H10N8S2/c1-2-4-12(5-3-1)23-16(19-21-22-23)26-14-7-6-13-17-18-15(24(13)20-14)11-8-9-25-10-11/h1-10H. The number of thiophene rings is 1. The van der Waals surface area contributed by atoms with Crippen molar-refractivity contribution in [2.45, 2.75) is 10.2 Å². The van der Waals surface area contributed by atoms with E-state index in [1.54, 1.807) is 20.5 Å². The van der Waals surface area contributed by atoms with E-state index in [0.29, 0.717) is 16.6 Å². The predicted molar refractivity (Wildman–Crippen MR) is 97.4 cm³/mol. The highest BCUT2D eigenvalue weighted by molar-refractivity contribution is 7.99. The highest BCUT2D eigenvalue weighted by atomic mass is 32.2. The number of hydrogen-bond donors (Lipinski definition) is 0. The smallest absolute Gasteiger partial charge is 0.192 e. The average Bonchev–Trinajstić information content (AvgIpc) is 3.42. The first-order valence-corrected chi connectivity index (χ1v) is 9.41. The molecule has 0 amide bonds. The lowest BCUT2D eigenvalue weighted by Crippen LogP contribution is -2.00. The fraction of sp³-hybridized carbons (Fsp3) is 0. The van der Waals surface area contributed by atoms with Crippen LogP contribution < -0.4 is 0 Å². The number of benzene rings is 1. The highest BCUT2D eigenvalue weighted by Crippen LogP contribution is 2.27. The summed E-state index contributed by atoms with van der Waals surface area (Å²) in [5, 5.41) is 30.5. The van der Waals surface area contributed by atoms with Gasteiger partial charge in [-0.2, -0.15) is 25.6 Å². The number of rotatable bonds is 4. The number of aromatic nitrogens is 8. The van der Waals surface area contributed by atoms with Gasteiger partial charge in [0, 0.05) is 10.9 Å². The quantitative estimate of drug-likeness (QED) is 0.475. The highest BCUT2D eigenvalue weighted by Gasteiger charge is 2.14. The Balaban J connectivity index is 1.53. The summed E-state index contributed by atoms with van der Waals surface area (Å²) in [6, 6.07) is 15.5. The van der Waals surface area contributed by atoms with Crippen molar-refractivity contribution in [3.8, 4) is 17.1 Å². The van der Waals surface area contributed by atoms with Crippen LogP contribution in [-0.2, 0) is 0 Å². The van der Waals surface area contributed by atoms with Crippen LogP contribution in [0.15, 0.2) is 69.5 Å². The molecule has 0 saturated carbocycles. The van der Waals surface area contributed by atoms with Gasteiger partial charge in [0.25, 0.3) is 0 Å². The maximum absolute atomic E-state index is 4.65. The van der Waals surface area contributed by atoms with Gasteiger partial charge in [-0.15, -0.1) is 15.3 Å². The molecule has 4 aromatic heterocycles. The number of tetrazole rings is 1. The molecule has 10 heteroatoms. The minimum absolute atomic E-state index is 0.633. The van der Waals surface area contributed by atoms with Crippen LogP contribution in [0, 0.1) is 0 Å². The number of nitrogens with zero attached hydrogens (tertiary/aromatic N) is 8. The summed E-state index contributed by atoms with van der Waals surface area (Å²) in [5.41, 5.74) is 2.58. The molecular formula is C16H10N8S2. The first-order chi connectivity index (χ1) is 12.9. The van der Waals surface area contributed by atoms with Crippen LogP contribution in [0.2, 0.25) is 0 Å².